The Morgan fingerprint density at radius 3 is 2.54 bits per heavy atom. The van der Waals surface area contributed by atoms with Crippen molar-refractivity contribution in [2.45, 2.75) is 31.2 Å². The molecule has 0 radical (unpaired) electrons. The first-order valence-electron chi connectivity index (χ1n) is 7.57. The van der Waals surface area contributed by atoms with E-state index >= 15 is 0 Å². The average Bonchev–Trinajstić information content (AvgIpc) is 2.95. The Morgan fingerprint density at radius 1 is 1.12 bits per heavy atom. The number of halogens is 3. The zero-order valence-corrected chi connectivity index (χ0v) is 17.1. The molecule has 136 valence electrons. The van der Waals surface area contributed by atoms with Crippen molar-refractivity contribution in [2.75, 3.05) is 5.32 Å². The largest absolute Gasteiger partial charge is 0.324 e. The Morgan fingerprint density at radius 2 is 1.81 bits per heavy atom. The van der Waals surface area contributed by atoms with E-state index in [0.717, 1.165) is 11.5 Å². The summed E-state index contributed by atoms with van der Waals surface area (Å²) in [4.78, 5) is 16.9. The van der Waals surface area contributed by atoms with E-state index in [1.807, 2.05) is 24.3 Å². The number of fused-ring (bicyclic) bond motifs is 1. The molecule has 2 aromatic heterocycles. The van der Waals surface area contributed by atoms with E-state index in [-0.39, 0.29) is 5.91 Å². The summed E-state index contributed by atoms with van der Waals surface area (Å²) in [6, 6.07) is 4.84. The molecular weight excluding hydrogens is 417 g/mol. The van der Waals surface area contributed by atoms with Crippen LogP contribution in [0, 0.1) is 13.8 Å². The van der Waals surface area contributed by atoms with Crippen LogP contribution in [-0.4, -0.2) is 30.7 Å². The standard InChI is InChI=1S/C16H14Cl3N5OS/c1-7-4-14-22-23-16(24(14)9(3)20-7)26-8(2)15(25)21-13-6-11(18)10(17)5-12(13)19/h4-6,8H,1-3H3,(H,21,25). The number of carbonyl (C=O) groups is 1. The molecule has 0 saturated heterocycles. The van der Waals surface area contributed by atoms with Gasteiger partial charge in [-0.15, -0.1) is 10.2 Å². The van der Waals surface area contributed by atoms with Gasteiger partial charge in [0.2, 0.25) is 5.91 Å². The van der Waals surface area contributed by atoms with E-state index in [1.165, 1.54) is 23.9 Å². The summed E-state index contributed by atoms with van der Waals surface area (Å²) in [7, 11) is 0. The molecule has 26 heavy (non-hydrogen) atoms. The molecule has 10 heteroatoms. The van der Waals surface area contributed by atoms with E-state index in [2.05, 4.69) is 20.5 Å². The molecule has 0 aliphatic rings. The van der Waals surface area contributed by atoms with Crippen LogP contribution in [0.25, 0.3) is 5.65 Å². The highest BCUT2D eigenvalue weighted by atomic mass is 35.5. The van der Waals surface area contributed by atoms with Crippen LogP contribution < -0.4 is 5.32 Å². The fourth-order valence-corrected chi connectivity index (χ4v) is 3.84. The van der Waals surface area contributed by atoms with Crippen LogP contribution in [0.5, 0.6) is 0 Å². The molecule has 3 aromatic rings. The van der Waals surface area contributed by atoms with Gasteiger partial charge in [0.15, 0.2) is 10.8 Å². The summed E-state index contributed by atoms with van der Waals surface area (Å²) in [5.41, 5.74) is 1.95. The number of nitrogens with zero attached hydrogens (tertiary/aromatic N) is 4. The second kappa shape index (κ2) is 7.60. The third-order valence-corrected chi connectivity index (χ3v) is 5.65. The van der Waals surface area contributed by atoms with Gasteiger partial charge in [0.1, 0.15) is 5.82 Å². The first-order chi connectivity index (χ1) is 12.3. The molecule has 0 aliphatic heterocycles. The quantitative estimate of drug-likeness (QED) is 0.474. The Kier molecular flexibility index (Phi) is 5.62. The van der Waals surface area contributed by atoms with Gasteiger partial charge in [-0.3, -0.25) is 9.20 Å². The number of aryl methyl sites for hydroxylation is 2. The number of amides is 1. The smallest absolute Gasteiger partial charge is 0.237 e. The van der Waals surface area contributed by atoms with Crippen molar-refractivity contribution in [2.24, 2.45) is 0 Å². The minimum atomic E-state index is -0.450. The van der Waals surface area contributed by atoms with E-state index < -0.39 is 5.25 Å². The predicted octanol–water partition coefficient (Wildman–Crippen LogP) is 4.82. The van der Waals surface area contributed by atoms with Gasteiger partial charge in [-0.05, 0) is 32.9 Å². The van der Waals surface area contributed by atoms with Crippen molar-refractivity contribution in [3.05, 3.63) is 44.8 Å². The highest BCUT2D eigenvalue weighted by Crippen LogP contribution is 2.33. The van der Waals surface area contributed by atoms with Crippen molar-refractivity contribution in [1.29, 1.82) is 0 Å². The van der Waals surface area contributed by atoms with Crippen LogP contribution in [0.1, 0.15) is 18.4 Å². The van der Waals surface area contributed by atoms with Gasteiger partial charge >= 0.3 is 0 Å². The fourth-order valence-electron chi connectivity index (χ4n) is 2.34. The van der Waals surface area contributed by atoms with Crippen molar-refractivity contribution in [3.8, 4) is 0 Å². The van der Waals surface area contributed by atoms with Gasteiger partial charge in [-0.1, -0.05) is 46.6 Å². The predicted molar refractivity (Wildman–Crippen MR) is 106 cm³/mol. The fraction of sp³-hybridized carbons (Fsp3) is 0.250. The third-order valence-electron chi connectivity index (χ3n) is 3.58. The Balaban J connectivity index is 1.79. The molecule has 1 N–H and O–H groups in total. The number of hydrogen-bond donors (Lipinski definition) is 1. The lowest BCUT2D eigenvalue weighted by atomic mass is 10.3. The molecule has 0 spiro atoms. The number of anilines is 1. The SMILES string of the molecule is Cc1cc2nnc(SC(C)C(=O)Nc3cc(Cl)c(Cl)cc3Cl)n2c(C)n1. The van der Waals surface area contributed by atoms with Crippen LogP contribution in [0.3, 0.4) is 0 Å². The van der Waals surface area contributed by atoms with Gasteiger partial charge in [0.25, 0.3) is 0 Å². The van der Waals surface area contributed by atoms with E-state index in [4.69, 9.17) is 34.8 Å². The number of thioether (sulfide) groups is 1. The Hall–Kier alpha value is -1.54. The molecule has 1 amide bonds. The van der Waals surface area contributed by atoms with E-state index in [9.17, 15) is 4.79 Å². The van der Waals surface area contributed by atoms with Gasteiger partial charge in [0, 0.05) is 11.8 Å². The van der Waals surface area contributed by atoms with E-state index in [1.54, 1.807) is 6.92 Å². The monoisotopic (exact) mass is 429 g/mol. The normalized spacial score (nSPS) is 12.4. The van der Waals surface area contributed by atoms with Crippen molar-refractivity contribution < 1.29 is 4.79 Å². The lowest BCUT2D eigenvalue weighted by Gasteiger charge is -2.13. The molecule has 6 nitrogen and oxygen atoms in total. The first kappa shape index (κ1) is 19.2. The van der Waals surface area contributed by atoms with Crippen molar-refractivity contribution >= 4 is 63.8 Å². The summed E-state index contributed by atoms with van der Waals surface area (Å²) in [6.07, 6.45) is 0. The Bertz CT molecular complexity index is 1010. The maximum atomic E-state index is 12.5. The van der Waals surface area contributed by atoms with Crippen LogP contribution >= 0.6 is 46.6 Å². The zero-order valence-electron chi connectivity index (χ0n) is 14.0. The average molecular weight is 431 g/mol. The number of benzene rings is 1. The molecule has 1 unspecified atom stereocenters. The first-order valence-corrected chi connectivity index (χ1v) is 9.59. The summed E-state index contributed by atoms with van der Waals surface area (Å²) in [6.45, 7) is 5.53. The van der Waals surface area contributed by atoms with Crippen molar-refractivity contribution in [1.82, 2.24) is 19.6 Å². The summed E-state index contributed by atoms with van der Waals surface area (Å²) in [5, 5.41) is 12.1. The second-order valence-electron chi connectivity index (χ2n) is 5.62. The number of aromatic nitrogens is 4. The summed E-state index contributed by atoms with van der Waals surface area (Å²) < 4.78 is 1.81. The molecule has 0 aliphatic carbocycles. The van der Waals surface area contributed by atoms with Gasteiger partial charge in [-0.25, -0.2) is 4.98 Å². The molecule has 1 atom stereocenters. The minimum Gasteiger partial charge on any atom is -0.324 e. The van der Waals surface area contributed by atoms with E-state index in [0.29, 0.717) is 31.6 Å². The molecule has 1 aromatic carbocycles. The van der Waals surface area contributed by atoms with Gasteiger partial charge in [0.05, 0.1) is 26.0 Å². The zero-order chi connectivity index (χ0) is 19.0. The number of rotatable bonds is 4. The summed E-state index contributed by atoms with van der Waals surface area (Å²) in [5.74, 6) is 0.511. The molecular formula is C16H14Cl3N5OS. The number of carbonyl (C=O) groups excluding carboxylic acids is 1. The van der Waals surface area contributed by atoms with Gasteiger partial charge in [-0.2, -0.15) is 0 Å². The highest BCUT2D eigenvalue weighted by Gasteiger charge is 2.20. The maximum absolute atomic E-state index is 12.5. The van der Waals surface area contributed by atoms with Crippen LogP contribution in [0.15, 0.2) is 23.4 Å². The van der Waals surface area contributed by atoms with Crippen LogP contribution in [0.2, 0.25) is 15.1 Å². The second-order valence-corrected chi connectivity index (χ2v) is 8.15. The maximum Gasteiger partial charge on any atom is 0.237 e. The number of hydrogen-bond acceptors (Lipinski definition) is 5. The lowest BCUT2D eigenvalue weighted by molar-refractivity contribution is -0.115. The minimum absolute atomic E-state index is 0.246. The highest BCUT2D eigenvalue weighted by molar-refractivity contribution is 8.00. The molecule has 2 heterocycles. The van der Waals surface area contributed by atoms with Crippen LogP contribution in [0.4, 0.5) is 5.69 Å². The molecule has 0 bridgehead atoms. The summed E-state index contributed by atoms with van der Waals surface area (Å²) >= 11 is 19.3. The third kappa shape index (κ3) is 3.91. The molecule has 3 rings (SSSR count). The molecule has 0 saturated carbocycles. The topological polar surface area (TPSA) is 72.2 Å². The lowest BCUT2D eigenvalue weighted by Crippen LogP contribution is -2.23. The van der Waals surface area contributed by atoms with Crippen LogP contribution in [-0.2, 0) is 4.79 Å². The molecule has 0 fully saturated rings. The Labute approximate surface area is 169 Å². The van der Waals surface area contributed by atoms with Gasteiger partial charge < -0.3 is 5.32 Å². The van der Waals surface area contributed by atoms with Crippen molar-refractivity contribution in [3.63, 3.8) is 0 Å². The number of nitrogens with one attached hydrogen (secondary N) is 1.